The smallest absolute Gasteiger partial charge is 0.304 e. The molecule has 0 spiro atoms. The summed E-state index contributed by atoms with van der Waals surface area (Å²) in [4.78, 5) is 13.1. The predicted octanol–water partition coefficient (Wildman–Crippen LogP) is 2.91. The second-order valence-corrected chi connectivity index (χ2v) is 5.36. The van der Waals surface area contributed by atoms with Crippen LogP contribution in [0.25, 0.3) is 0 Å². The summed E-state index contributed by atoms with van der Waals surface area (Å²) in [5.74, 6) is 0.195. The normalized spacial score (nSPS) is 19.1. The van der Waals surface area contributed by atoms with Crippen molar-refractivity contribution in [1.29, 1.82) is 0 Å². The highest BCUT2D eigenvalue weighted by molar-refractivity contribution is 5.67. The van der Waals surface area contributed by atoms with E-state index in [0.717, 1.165) is 44.7 Å². The largest absolute Gasteiger partial charge is 0.494 e. The van der Waals surface area contributed by atoms with Crippen molar-refractivity contribution in [3.05, 3.63) is 29.8 Å². The number of aliphatic carboxylic acids is 1. The van der Waals surface area contributed by atoms with E-state index in [1.54, 1.807) is 0 Å². The van der Waals surface area contributed by atoms with Gasteiger partial charge in [0.1, 0.15) is 5.75 Å². The van der Waals surface area contributed by atoms with E-state index in [0.29, 0.717) is 0 Å². The van der Waals surface area contributed by atoms with Gasteiger partial charge in [-0.25, -0.2) is 0 Å². The van der Waals surface area contributed by atoms with Gasteiger partial charge in [-0.1, -0.05) is 19.1 Å². The Morgan fingerprint density at radius 3 is 3.10 bits per heavy atom. The molecule has 1 atom stereocenters. The van der Waals surface area contributed by atoms with Crippen LogP contribution in [0.4, 0.5) is 0 Å². The van der Waals surface area contributed by atoms with E-state index in [-0.39, 0.29) is 12.5 Å². The van der Waals surface area contributed by atoms with Gasteiger partial charge in [0.2, 0.25) is 0 Å². The fourth-order valence-corrected chi connectivity index (χ4v) is 2.72. The van der Waals surface area contributed by atoms with E-state index >= 15 is 0 Å². The monoisotopic (exact) mass is 277 g/mol. The maximum Gasteiger partial charge on any atom is 0.304 e. The van der Waals surface area contributed by atoms with Gasteiger partial charge in [0, 0.05) is 12.6 Å². The van der Waals surface area contributed by atoms with Gasteiger partial charge in [0.25, 0.3) is 0 Å². The van der Waals surface area contributed by atoms with Gasteiger partial charge in [-0.3, -0.25) is 9.69 Å². The van der Waals surface area contributed by atoms with Crippen LogP contribution in [0, 0.1) is 0 Å². The third kappa shape index (κ3) is 4.23. The molecular formula is C16H23NO3. The molecule has 0 bridgehead atoms. The van der Waals surface area contributed by atoms with Crippen LogP contribution in [0.5, 0.6) is 5.75 Å². The summed E-state index contributed by atoms with van der Waals surface area (Å²) in [6, 6.07) is 8.29. The lowest BCUT2D eigenvalue weighted by atomic mass is 10.1. The summed E-state index contributed by atoms with van der Waals surface area (Å²) in [7, 11) is 0. The van der Waals surface area contributed by atoms with Crippen molar-refractivity contribution in [3.63, 3.8) is 0 Å². The van der Waals surface area contributed by atoms with Crippen LogP contribution in [-0.4, -0.2) is 35.2 Å². The Morgan fingerprint density at radius 1 is 1.50 bits per heavy atom. The quantitative estimate of drug-likeness (QED) is 0.832. The van der Waals surface area contributed by atoms with E-state index in [9.17, 15) is 4.79 Å². The molecule has 0 aliphatic carbocycles. The van der Waals surface area contributed by atoms with Crippen molar-refractivity contribution in [2.24, 2.45) is 0 Å². The number of likely N-dealkylation sites (tertiary alicyclic amines) is 1. The average molecular weight is 277 g/mol. The van der Waals surface area contributed by atoms with Crippen LogP contribution < -0.4 is 4.74 Å². The number of hydrogen-bond acceptors (Lipinski definition) is 3. The first-order valence-corrected chi connectivity index (χ1v) is 7.36. The first kappa shape index (κ1) is 14.9. The molecule has 1 aromatic rings. The summed E-state index contributed by atoms with van der Waals surface area (Å²) < 4.78 is 5.64. The van der Waals surface area contributed by atoms with Gasteiger partial charge in [-0.2, -0.15) is 0 Å². The van der Waals surface area contributed by atoms with Crippen LogP contribution in [-0.2, 0) is 11.3 Å². The number of carboxylic acids is 1. The molecule has 1 saturated heterocycles. The van der Waals surface area contributed by atoms with Crippen molar-refractivity contribution in [1.82, 2.24) is 4.90 Å². The molecule has 1 aliphatic heterocycles. The molecule has 110 valence electrons. The van der Waals surface area contributed by atoms with Crippen LogP contribution in [0.1, 0.15) is 38.2 Å². The summed E-state index contributed by atoms with van der Waals surface area (Å²) in [5, 5.41) is 8.95. The lowest BCUT2D eigenvalue weighted by Gasteiger charge is -2.23. The number of hydrogen-bond donors (Lipinski definition) is 1. The minimum atomic E-state index is -0.707. The molecule has 1 unspecified atom stereocenters. The first-order chi connectivity index (χ1) is 9.69. The number of benzene rings is 1. The summed E-state index contributed by atoms with van der Waals surface area (Å²) in [5.41, 5.74) is 1.19. The zero-order valence-electron chi connectivity index (χ0n) is 12.0. The SMILES string of the molecule is CCCOc1cccc(CN2CCCC2CC(=O)O)c1. The van der Waals surface area contributed by atoms with Crippen molar-refractivity contribution in [3.8, 4) is 5.75 Å². The van der Waals surface area contributed by atoms with E-state index in [1.165, 1.54) is 5.56 Å². The van der Waals surface area contributed by atoms with Crippen molar-refractivity contribution < 1.29 is 14.6 Å². The Balaban J connectivity index is 1.96. The van der Waals surface area contributed by atoms with E-state index < -0.39 is 5.97 Å². The molecule has 1 fully saturated rings. The first-order valence-electron chi connectivity index (χ1n) is 7.36. The highest BCUT2D eigenvalue weighted by atomic mass is 16.5. The second kappa shape index (κ2) is 7.29. The average Bonchev–Trinajstić information content (AvgIpc) is 2.83. The molecule has 1 aliphatic rings. The summed E-state index contributed by atoms with van der Waals surface area (Å²) in [6.45, 7) is 4.61. The van der Waals surface area contributed by atoms with Gasteiger partial charge in [-0.15, -0.1) is 0 Å². The molecule has 1 aromatic carbocycles. The molecule has 0 saturated carbocycles. The Labute approximate surface area is 120 Å². The number of carbonyl (C=O) groups is 1. The van der Waals surface area contributed by atoms with Crippen LogP contribution in [0.15, 0.2) is 24.3 Å². The van der Waals surface area contributed by atoms with Crippen molar-refractivity contribution in [2.75, 3.05) is 13.2 Å². The van der Waals surface area contributed by atoms with Gasteiger partial charge < -0.3 is 9.84 Å². The molecule has 1 heterocycles. The number of ether oxygens (including phenoxy) is 1. The molecule has 1 N–H and O–H groups in total. The van der Waals surface area contributed by atoms with Crippen LogP contribution in [0.3, 0.4) is 0 Å². The molecular weight excluding hydrogens is 254 g/mol. The van der Waals surface area contributed by atoms with E-state index in [2.05, 4.69) is 24.0 Å². The molecule has 0 amide bonds. The highest BCUT2D eigenvalue weighted by Crippen LogP contribution is 2.24. The molecule has 20 heavy (non-hydrogen) atoms. The Kier molecular flexibility index (Phi) is 5.41. The zero-order chi connectivity index (χ0) is 14.4. The van der Waals surface area contributed by atoms with E-state index in [4.69, 9.17) is 9.84 Å². The standard InChI is InChI=1S/C16H23NO3/c1-2-9-20-15-7-3-5-13(10-15)12-17-8-4-6-14(17)11-16(18)19/h3,5,7,10,14H,2,4,6,8-9,11-12H2,1H3,(H,18,19). The Morgan fingerprint density at radius 2 is 2.35 bits per heavy atom. The third-order valence-corrected chi connectivity index (χ3v) is 3.67. The zero-order valence-corrected chi connectivity index (χ0v) is 12.0. The molecule has 4 heteroatoms. The van der Waals surface area contributed by atoms with Gasteiger partial charge in [0.05, 0.1) is 13.0 Å². The predicted molar refractivity (Wildman–Crippen MR) is 77.9 cm³/mol. The summed E-state index contributed by atoms with van der Waals surface area (Å²) in [6.07, 6.45) is 3.31. The minimum Gasteiger partial charge on any atom is -0.494 e. The Bertz CT molecular complexity index is 447. The maximum absolute atomic E-state index is 10.9. The Hall–Kier alpha value is -1.55. The van der Waals surface area contributed by atoms with Crippen LogP contribution >= 0.6 is 0 Å². The van der Waals surface area contributed by atoms with Crippen molar-refractivity contribution >= 4 is 5.97 Å². The molecule has 0 aromatic heterocycles. The third-order valence-electron chi connectivity index (χ3n) is 3.67. The lowest BCUT2D eigenvalue weighted by Crippen LogP contribution is -2.30. The second-order valence-electron chi connectivity index (χ2n) is 5.36. The lowest BCUT2D eigenvalue weighted by molar-refractivity contribution is -0.138. The number of carboxylic acid groups (broad SMARTS) is 1. The summed E-state index contributed by atoms with van der Waals surface area (Å²) >= 11 is 0. The van der Waals surface area contributed by atoms with Crippen molar-refractivity contribution in [2.45, 2.75) is 45.2 Å². The minimum absolute atomic E-state index is 0.174. The topological polar surface area (TPSA) is 49.8 Å². The highest BCUT2D eigenvalue weighted by Gasteiger charge is 2.26. The van der Waals surface area contributed by atoms with Gasteiger partial charge in [0.15, 0.2) is 0 Å². The maximum atomic E-state index is 10.9. The fourth-order valence-electron chi connectivity index (χ4n) is 2.72. The van der Waals surface area contributed by atoms with E-state index in [1.807, 2.05) is 12.1 Å². The number of rotatable bonds is 7. The van der Waals surface area contributed by atoms with Crippen LogP contribution in [0.2, 0.25) is 0 Å². The molecule has 4 nitrogen and oxygen atoms in total. The molecule has 0 radical (unpaired) electrons. The van der Waals surface area contributed by atoms with Gasteiger partial charge in [-0.05, 0) is 43.5 Å². The van der Waals surface area contributed by atoms with Gasteiger partial charge >= 0.3 is 5.97 Å². The number of nitrogens with zero attached hydrogens (tertiary/aromatic N) is 1. The molecule has 2 rings (SSSR count). The fraction of sp³-hybridized carbons (Fsp3) is 0.562.